The van der Waals surface area contributed by atoms with Crippen LogP contribution in [0.25, 0.3) is 0 Å². The van der Waals surface area contributed by atoms with Crippen LogP contribution in [-0.2, 0) is 10.0 Å². The Morgan fingerprint density at radius 2 is 1.89 bits per heavy atom. The number of nitrogens with two attached hydrogens (primary N) is 1. The predicted molar refractivity (Wildman–Crippen MR) is 70.8 cm³/mol. The van der Waals surface area contributed by atoms with Gasteiger partial charge in [-0.1, -0.05) is 0 Å². The highest BCUT2D eigenvalue weighted by Gasteiger charge is 2.36. The van der Waals surface area contributed by atoms with Crippen molar-refractivity contribution >= 4 is 10.0 Å². The van der Waals surface area contributed by atoms with Crippen molar-refractivity contribution in [1.29, 1.82) is 0 Å². The maximum atomic E-state index is 12.7. The molecule has 3 N–H and O–H groups in total. The fourth-order valence-corrected chi connectivity index (χ4v) is 4.10. The summed E-state index contributed by atoms with van der Waals surface area (Å²) in [5, 5.41) is 6.65. The number of aryl methyl sites for hydroxylation is 2. The molecule has 0 unspecified atom stereocenters. The molecule has 0 aliphatic heterocycles. The van der Waals surface area contributed by atoms with Gasteiger partial charge in [0.05, 0.1) is 11.4 Å². The van der Waals surface area contributed by atoms with E-state index in [1.165, 1.54) is 4.31 Å². The molecule has 0 spiro atoms. The molecule has 0 saturated carbocycles. The molecule has 0 aliphatic rings. The summed E-state index contributed by atoms with van der Waals surface area (Å²) in [7, 11) is -3.58. The minimum Gasteiger partial charge on any atom is -0.329 e. The topological polar surface area (TPSA) is 92.1 Å². The number of aromatic nitrogens is 2. The van der Waals surface area contributed by atoms with E-state index in [4.69, 9.17) is 5.73 Å². The summed E-state index contributed by atoms with van der Waals surface area (Å²) in [4.78, 5) is 0.255. The molecule has 1 rings (SSSR count). The van der Waals surface area contributed by atoms with Gasteiger partial charge in [-0.15, -0.1) is 0 Å². The standard InChI is InChI=1S/C11H22N4O2S/c1-8-10(9(2)14-13-8)18(16,17)15(7-6-12)11(3,4)5/h6-7,12H2,1-5H3,(H,13,14). The number of nitrogens with one attached hydrogen (secondary N) is 1. The molecule has 18 heavy (non-hydrogen) atoms. The van der Waals surface area contributed by atoms with E-state index in [-0.39, 0.29) is 18.0 Å². The third kappa shape index (κ3) is 2.73. The molecule has 0 fully saturated rings. The Morgan fingerprint density at radius 1 is 1.33 bits per heavy atom. The number of hydrogen-bond donors (Lipinski definition) is 2. The number of nitrogens with zero attached hydrogens (tertiary/aromatic N) is 2. The van der Waals surface area contributed by atoms with E-state index in [9.17, 15) is 8.42 Å². The van der Waals surface area contributed by atoms with Gasteiger partial charge in [0.1, 0.15) is 4.90 Å². The minimum atomic E-state index is -3.58. The third-order valence-electron chi connectivity index (χ3n) is 2.69. The van der Waals surface area contributed by atoms with E-state index in [0.717, 1.165) is 0 Å². The highest BCUT2D eigenvalue weighted by atomic mass is 32.2. The first-order chi connectivity index (χ1) is 8.12. The Kier molecular flexibility index (Phi) is 4.19. The zero-order valence-electron chi connectivity index (χ0n) is 11.6. The van der Waals surface area contributed by atoms with Crippen LogP contribution in [0, 0.1) is 13.8 Å². The second-order valence-electron chi connectivity index (χ2n) is 5.30. The van der Waals surface area contributed by atoms with Crippen molar-refractivity contribution in [2.75, 3.05) is 13.1 Å². The lowest BCUT2D eigenvalue weighted by molar-refractivity contribution is 0.254. The first-order valence-electron chi connectivity index (χ1n) is 5.87. The Morgan fingerprint density at radius 3 is 2.22 bits per heavy atom. The van der Waals surface area contributed by atoms with Crippen molar-refractivity contribution in [3.63, 3.8) is 0 Å². The lowest BCUT2D eigenvalue weighted by Gasteiger charge is -2.34. The smallest absolute Gasteiger partial charge is 0.247 e. The van der Waals surface area contributed by atoms with E-state index in [1.54, 1.807) is 13.8 Å². The van der Waals surface area contributed by atoms with Gasteiger partial charge < -0.3 is 5.73 Å². The molecule has 0 radical (unpaired) electrons. The lowest BCUT2D eigenvalue weighted by Crippen LogP contribution is -2.48. The van der Waals surface area contributed by atoms with Crippen LogP contribution >= 0.6 is 0 Å². The molecule has 1 heterocycles. The summed E-state index contributed by atoms with van der Waals surface area (Å²) in [6.07, 6.45) is 0. The van der Waals surface area contributed by atoms with Crippen LogP contribution in [0.1, 0.15) is 32.2 Å². The fourth-order valence-electron chi connectivity index (χ4n) is 1.96. The molecule has 1 aromatic rings. The first-order valence-corrected chi connectivity index (χ1v) is 7.31. The summed E-state index contributed by atoms with van der Waals surface area (Å²) in [5.74, 6) is 0. The van der Waals surface area contributed by atoms with Gasteiger partial charge in [-0.2, -0.15) is 9.40 Å². The molecule has 104 valence electrons. The monoisotopic (exact) mass is 274 g/mol. The number of hydrogen-bond acceptors (Lipinski definition) is 4. The van der Waals surface area contributed by atoms with Crippen LogP contribution in [-0.4, -0.2) is 41.5 Å². The number of sulfonamides is 1. The molecular weight excluding hydrogens is 252 g/mol. The molecule has 7 heteroatoms. The van der Waals surface area contributed by atoms with Crippen LogP contribution < -0.4 is 5.73 Å². The van der Waals surface area contributed by atoms with Crippen LogP contribution in [0.15, 0.2) is 4.90 Å². The van der Waals surface area contributed by atoms with Crippen molar-refractivity contribution in [2.45, 2.75) is 45.1 Å². The minimum absolute atomic E-state index is 0.255. The maximum Gasteiger partial charge on any atom is 0.247 e. The summed E-state index contributed by atoms with van der Waals surface area (Å²) < 4.78 is 26.8. The molecule has 0 amide bonds. The Bertz CT molecular complexity index is 494. The molecule has 0 aliphatic carbocycles. The van der Waals surface area contributed by atoms with Crippen molar-refractivity contribution in [1.82, 2.24) is 14.5 Å². The number of H-pyrrole nitrogens is 1. The van der Waals surface area contributed by atoms with Gasteiger partial charge >= 0.3 is 0 Å². The summed E-state index contributed by atoms with van der Waals surface area (Å²) in [5.41, 5.74) is 6.04. The average Bonchev–Trinajstić information content (AvgIpc) is 2.53. The van der Waals surface area contributed by atoms with Gasteiger partial charge in [-0.05, 0) is 34.6 Å². The zero-order valence-corrected chi connectivity index (χ0v) is 12.4. The molecule has 0 saturated heterocycles. The van der Waals surface area contributed by atoms with Crippen LogP contribution in [0.4, 0.5) is 0 Å². The lowest BCUT2D eigenvalue weighted by atomic mass is 10.1. The molecule has 0 bridgehead atoms. The van der Waals surface area contributed by atoms with E-state index < -0.39 is 15.6 Å². The van der Waals surface area contributed by atoms with Crippen molar-refractivity contribution in [2.24, 2.45) is 5.73 Å². The fraction of sp³-hybridized carbons (Fsp3) is 0.727. The molecular formula is C11H22N4O2S. The Labute approximate surface area is 109 Å². The van der Waals surface area contributed by atoms with Gasteiger partial charge in [0.25, 0.3) is 0 Å². The van der Waals surface area contributed by atoms with Crippen molar-refractivity contribution in [3.8, 4) is 0 Å². The van der Waals surface area contributed by atoms with Gasteiger partial charge in [0, 0.05) is 18.6 Å². The Hall–Kier alpha value is -0.920. The van der Waals surface area contributed by atoms with Crippen LogP contribution in [0.2, 0.25) is 0 Å². The highest BCUT2D eigenvalue weighted by Crippen LogP contribution is 2.27. The molecule has 0 aromatic carbocycles. The van der Waals surface area contributed by atoms with Crippen molar-refractivity contribution in [3.05, 3.63) is 11.4 Å². The second kappa shape index (κ2) is 4.99. The normalized spacial score (nSPS) is 13.3. The second-order valence-corrected chi connectivity index (χ2v) is 7.10. The summed E-state index contributed by atoms with van der Waals surface area (Å²) in [6, 6.07) is 0. The van der Waals surface area contributed by atoms with Crippen molar-refractivity contribution < 1.29 is 8.42 Å². The van der Waals surface area contributed by atoms with Gasteiger partial charge in [-0.3, -0.25) is 5.10 Å². The molecule has 0 atom stereocenters. The third-order valence-corrected chi connectivity index (χ3v) is 5.12. The molecule has 6 nitrogen and oxygen atoms in total. The van der Waals surface area contributed by atoms with Crippen LogP contribution in [0.5, 0.6) is 0 Å². The van der Waals surface area contributed by atoms with E-state index in [1.807, 2.05) is 20.8 Å². The van der Waals surface area contributed by atoms with E-state index >= 15 is 0 Å². The van der Waals surface area contributed by atoms with Gasteiger partial charge in [0.15, 0.2) is 0 Å². The summed E-state index contributed by atoms with van der Waals surface area (Å²) >= 11 is 0. The SMILES string of the molecule is Cc1n[nH]c(C)c1S(=O)(=O)N(CCN)C(C)(C)C. The molecule has 1 aromatic heterocycles. The van der Waals surface area contributed by atoms with E-state index in [0.29, 0.717) is 11.4 Å². The van der Waals surface area contributed by atoms with Gasteiger partial charge in [0.2, 0.25) is 10.0 Å². The van der Waals surface area contributed by atoms with Crippen LogP contribution in [0.3, 0.4) is 0 Å². The highest BCUT2D eigenvalue weighted by molar-refractivity contribution is 7.89. The quantitative estimate of drug-likeness (QED) is 0.848. The van der Waals surface area contributed by atoms with Gasteiger partial charge in [-0.25, -0.2) is 8.42 Å². The largest absolute Gasteiger partial charge is 0.329 e. The maximum absolute atomic E-state index is 12.7. The van der Waals surface area contributed by atoms with E-state index in [2.05, 4.69) is 10.2 Å². The predicted octanol–water partition coefficient (Wildman–Crippen LogP) is 0.774. The first kappa shape index (κ1) is 15.1. The Balaban J connectivity index is 3.35. The summed E-state index contributed by atoms with van der Waals surface area (Å²) in [6.45, 7) is 9.51. The number of aromatic amines is 1. The average molecular weight is 274 g/mol. The zero-order chi connectivity index (χ0) is 14.1. The number of rotatable bonds is 4.